The van der Waals surface area contributed by atoms with Crippen LogP contribution in [0.25, 0.3) is 0 Å². The second kappa shape index (κ2) is 7.04. The topological polar surface area (TPSA) is 138 Å². The van der Waals surface area contributed by atoms with Gasteiger partial charge in [-0.25, -0.2) is 0 Å². The van der Waals surface area contributed by atoms with Crippen LogP contribution in [0.5, 0.6) is 0 Å². The molecule has 0 aliphatic carbocycles. The van der Waals surface area contributed by atoms with E-state index < -0.39 is 30.4 Å². The summed E-state index contributed by atoms with van der Waals surface area (Å²) in [6.07, 6.45) is -0.532. The molecular weight excluding hydrogens is 182 g/mol. The Morgan fingerprint density at radius 3 is 1.62 bits per heavy atom. The number of aliphatic carboxylic acids is 3. The lowest BCUT2D eigenvalue weighted by Gasteiger charge is -1.99. The van der Waals surface area contributed by atoms with Crippen molar-refractivity contribution >= 4 is 17.9 Å². The van der Waals surface area contributed by atoms with Gasteiger partial charge in [-0.15, -0.1) is 0 Å². The molecule has 0 saturated heterocycles. The van der Waals surface area contributed by atoms with Crippen LogP contribution in [0.3, 0.4) is 0 Å². The number of carboxylic acids is 3. The molecule has 0 rings (SSSR count). The van der Waals surface area contributed by atoms with E-state index in [1.165, 1.54) is 0 Å². The molecule has 0 aliphatic heterocycles. The first-order valence-corrected chi connectivity index (χ1v) is 3.17. The number of hydrogen-bond donors (Lipinski definition) is 4. The van der Waals surface area contributed by atoms with Gasteiger partial charge in [0.25, 0.3) is 5.97 Å². The van der Waals surface area contributed by atoms with Crippen LogP contribution in [0.1, 0.15) is 13.3 Å². The Morgan fingerprint density at radius 2 is 1.54 bits per heavy atom. The summed E-state index contributed by atoms with van der Waals surface area (Å²) in [4.78, 5) is 28.6. The van der Waals surface area contributed by atoms with Gasteiger partial charge in [-0.1, -0.05) is 0 Å². The fourth-order valence-corrected chi connectivity index (χ4v) is 0.275. The Morgan fingerprint density at radius 1 is 1.23 bits per heavy atom. The van der Waals surface area contributed by atoms with Crippen molar-refractivity contribution in [2.75, 3.05) is 0 Å². The maximum atomic E-state index is 9.85. The van der Waals surface area contributed by atoms with E-state index in [1.807, 2.05) is 0 Å². The Balaban J connectivity index is 0. The maximum Gasteiger partial charge on any atom is 0.321 e. The first-order valence-electron chi connectivity index (χ1n) is 3.17. The van der Waals surface area contributed by atoms with Crippen molar-refractivity contribution in [1.82, 2.24) is 0 Å². The highest BCUT2D eigenvalue weighted by atomic mass is 16.4. The van der Waals surface area contributed by atoms with E-state index in [9.17, 15) is 9.59 Å². The van der Waals surface area contributed by atoms with Gasteiger partial charge in [0.1, 0.15) is 6.04 Å². The monoisotopic (exact) mass is 193 g/mol. The van der Waals surface area contributed by atoms with E-state index >= 15 is 0 Å². The van der Waals surface area contributed by atoms with Gasteiger partial charge in [0.05, 0.1) is 6.42 Å². The molecule has 0 aromatic rings. The molecule has 0 saturated carbocycles. The highest BCUT2D eigenvalue weighted by Gasteiger charge is 2.14. The van der Waals surface area contributed by atoms with Crippen LogP contribution in [0.2, 0.25) is 0 Å². The summed E-state index contributed by atoms with van der Waals surface area (Å²) < 4.78 is 0. The Labute approximate surface area is 73.8 Å². The molecule has 0 heterocycles. The zero-order chi connectivity index (χ0) is 11.0. The average Bonchev–Trinajstić information content (AvgIpc) is 1.83. The molecule has 13 heavy (non-hydrogen) atoms. The first-order chi connectivity index (χ1) is 5.77. The van der Waals surface area contributed by atoms with Crippen molar-refractivity contribution in [2.24, 2.45) is 5.73 Å². The summed E-state index contributed by atoms with van der Waals surface area (Å²) in [5.41, 5.74) is 4.84. The summed E-state index contributed by atoms with van der Waals surface area (Å²) in [6, 6.07) is -1.29. The molecule has 7 heteroatoms. The smallest absolute Gasteiger partial charge is 0.321 e. The lowest BCUT2D eigenvalue weighted by molar-refractivity contribution is -0.144. The molecule has 0 fully saturated rings. The largest absolute Gasteiger partial charge is 0.481 e. The molecule has 5 N–H and O–H groups in total. The van der Waals surface area contributed by atoms with E-state index in [2.05, 4.69) is 0 Å². The van der Waals surface area contributed by atoms with Crippen LogP contribution in [0.4, 0.5) is 0 Å². The molecule has 0 radical (unpaired) electrons. The molecular formula is C6H11NO6. The van der Waals surface area contributed by atoms with Crippen LogP contribution in [0.15, 0.2) is 0 Å². The molecule has 0 aliphatic rings. The third-order valence-corrected chi connectivity index (χ3v) is 0.712. The van der Waals surface area contributed by atoms with Gasteiger partial charge in [-0.05, 0) is 0 Å². The fraction of sp³-hybridized carbons (Fsp3) is 0.500. The molecule has 0 aromatic heterocycles. The zero-order valence-corrected chi connectivity index (χ0v) is 6.93. The lowest BCUT2D eigenvalue weighted by Crippen LogP contribution is -2.32. The number of carbonyl (C=O) groups is 3. The van der Waals surface area contributed by atoms with Gasteiger partial charge >= 0.3 is 11.9 Å². The van der Waals surface area contributed by atoms with Crippen LogP contribution in [-0.2, 0) is 14.4 Å². The van der Waals surface area contributed by atoms with Gasteiger partial charge in [0.2, 0.25) is 0 Å². The summed E-state index contributed by atoms with van der Waals surface area (Å²) in [6.45, 7) is 1.08. The second-order valence-corrected chi connectivity index (χ2v) is 2.06. The van der Waals surface area contributed by atoms with Crippen molar-refractivity contribution in [1.29, 1.82) is 0 Å². The van der Waals surface area contributed by atoms with E-state index in [1.54, 1.807) is 0 Å². The third-order valence-electron chi connectivity index (χ3n) is 0.712. The zero-order valence-electron chi connectivity index (χ0n) is 6.93. The Bertz CT molecular complexity index is 197. The van der Waals surface area contributed by atoms with Crippen molar-refractivity contribution in [3.8, 4) is 0 Å². The maximum absolute atomic E-state index is 9.85. The van der Waals surface area contributed by atoms with Crippen molar-refractivity contribution < 1.29 is 29.7 Å². The Hall–Kier alpha value is -1.63. The summed E-state index contributed by atoms with van der Waals surface area (Å²) in [7, 11) is 0. The lowest BCUT2D eigenvalue weighted by atomic mass is 10.2. The quantitative estimate of drug-likeness (QED) is 0.449. The fourth-order valence-electron chi connectivity index (χ4n) is 0.275. The average molecular weight is 193 g/mol. The minimum absolute atomic E-state index is 0.532. The molecule has 0 amide bonds. The Kier molecular flexibility index (Phi) is 7.54. The van der Waals surface area contributed by atoms with Crippen LogP contribution in [0, 0.1) is 0 Å². The predicted molar refractivity (Wildman–Crippen MR) is 41.2 cm³/mol. The van der Waals surface area contributed by atoms with E-state index in [0.29, 0.717) is 0 Å². The minimum atomic E-state index is -1.29. The second-order valence-electron chi connectivity index (χ2n) is 2.06. The van der Waals surface area contributed by atoms with Crippen LogP contribution < -0.4 is 5.73 Å². The number of carboxylic acid groups (broad SMARTS) is 3. The molecule has 0 aromatic carbocycles. The number of rotatable bonds is 3. The number of nitrogens with two attached hydrogens (primary N) is 1. The molecule has 76 valence electrons. The molecule has 0 bridgehead atoms. The van der Waals surface area contributed by atoms with Crippen molar-refractivity contribution in [3.63, 3.8) is 0 Å². The molecule has 1 atom stereocenters. The van der Waals surface area contributed by atoms with Gasteiger partial charge in [0.15, 0.2) is 0 Å². The third kappa shape index (κ3) is 17.9. The van der Waals surface area contributed by atoms with E-state index in [4.69, 9.17) is 25.8 Å². The highest BCUT2D eigenvalue weighted by Crippen LogP contribution is 1.86. The SMILES string of the molecule is CC(=O)O.N[C@@H](CC(=O)O)C(=O)O. The molecule has 0 spiro atoms. The standard InChI is InChI=1S/C4H7NO4.C2H4O2/c5-2(4(8)9)1-3(6)7;1-2(3)4/h2H,1,5H2,(H,6,7)(H,8,9);1H3,(H,3,4)/t2-;/m0./s1. The van der Waals surface area contributed by atoms with E-state index in [-0.39, 0.29) is 0 Å². The van der Waals surface area contributed by atoms with Gasteiger partial charge in [-0.3, -0.25) is 14.4 Å². The minimum Gasteiger partial charge on any atom is -0.481 e. The van der Waals surface area contributed by atoms with Crippen molar-refractivity contribution in [2.45, 2.75) is 19.4 Å². The van der Waals surface area contributed by atoms with Gasteiger partial charge in [0, 0.05) is 6.92 Å². The van der Waals surface area contributed by atoms with E-state index in [0.717, 1.165) is 6.92 Å². The summed E-state index contributed by atoms with van der Waals surface area (Å²) in [5.74, 6) is -3.33. The van der Waals surface area contributed by atoms with Crippen molar-refractivity contribution in [3.05, 3.63) is 0 Å². The van der Waals surface area contributed by atoms with Gasteiger partial charge in [-0.2, -0.15) is 0 Å². The first kappa shape index (κ1) is 13.9. The highest BCUT2D eigenvalue weighted by molar-refractivity contribution is 5.80. The summed E-state index contributed by atoms with van der Waals surface area (Å²) >= 11 is 0. The normalized spacial score (nSPS) is 10.6. The van der Waals surface area contributed by atoms with Crippen LogP contribution >= 0.6 is 0 Å². The summed E-state index contributed by atoms with van der Waals surface area (Å²) in [5, 5.41) is 23.4. The molecule has 0 unspecified atom stereocenters. The molecule has 7 nitrogen and oxygen atoms in total. The predicted octanol–water partition coefficient (Wildman–Crippen LogP) is -1.04. The van der Waals surface area contributed by atoms with Gasteiger partial charge < -0.3 is 21.1 Å². The number of hydrogen-bond acceptors (Lipinski definition) is 4. The van der Waals surface area contributed by atoms with Crippen LogP contribution in [-0.4, -0.2) is 39.3 Å².